The van der Waals surface area contributed by atoms with Crippen LogP contribution >= 0.6 is 0 Å². The van der Waals surface area contributed by atoms with Crippen LogP contribution in [0.15, 0.2) is 59.5 Å². The fourth-order valence-corrected chi connectivity index (χ4v) is 3.28. The topological polar surface area (TPSA) is 68.4 Å². The van der Waals surface area contributed by atoms with Crippen LogP contribution < -0.4 is 10.9 Å². The summed E-state index contributed by atoms with van der Waals surface area (Å²) in [7, 11) is 0. The second-order valence-corrected chi connectivity index (χ2v) is 6.61. The van der Waals surface area contributed by atoms with Gasteiger partial charge in [0.1, 0.15) is 11.3 Å². The first kappa shape index (κ1) is 17.9. The molecule has 0 aliphatic carbocycles. The quantitative estimate of drug-likeness (QED) is 0.581. The predicted octanol–water partition coefficient (Wildman–Crippen LogP) is 2.98. The van der Waals surface area contributed by atoms with Gasteiger partial charge in [0.25, 0.3) is 11.5 Å². The Morgan fingerprint density at radius 1 is 1.11 bits per heavy atom. The third kappa shape index (κ3) is 3.15. The number of nitrogens with one attached hydrogen (secondary N) is 1. The maximum Gasteiger partial charge on any atom is 0.277 e. The maximum absolute atomic E-state index is 13.6. The van der Waals surface area contributed by atoms with E-state index in [2.05, 4.69) is 10.4 Å². The molecular weight excluding hydrogens is 359 g/mol. The van der Waals surface area contributed by atoms with Gasteiger partial charge >= 0.3 is 0 Å². The Labute approximate surface area is 160 Å². The van der Waals surface area contributed by atoms with Crippen molar-refractivity contribution in [3.8, 4) is 0 Å². The van der Waals surface area contributed by atoms with Crippen LogP contribution in [-0.2, 0) is 6.54 Å². The molecule has 2 heterocycles. The van der Waals surface area contributed by atoms with Crippen molar-refractivity contribution in [2.24, 2.45) is 0 Å². The molecule has 0 spiro atoms. The first-order valence-electron chi connectivity index (χ1n) is 9.11. The minimum atomic E-state index is -0.361. The number of rotatable bonds is 5. The molecule has 2 aromatic heterocycles. The summed E-state index contributed by atoms with van der Waals surface area (Å²) in [4.78, 5) is 25.4. The maximum atomic E-state index is 13.6. The Bertz CT molecular complexity index is 1240. The zero-order chi connectivity index (χ0) is 19.7. The molecule has 142 valence electrons. The summed E-state index contributed by atoms with van der Waals surface area (Å²) in [6.45, 7) is 2.74. The highest BCUT2D eigenvalue weighted by molar-refractivity contribution is 5.97. The van der Waals surface area contributed by atoms with Gasteiger partial charge in [0.2, 0.25) is 0 Å². The van der Waals surface area contributed by atoms with Gasteiger partial charge in [0.15, 0.2) is 0 Å². The van der Waals surface area contributed by atoms with Crippen molar-refractivity contribution < 1.29 is 9.18 Å². The van der Waals surface area contributed by atoms with Gasteiger partial charge in [0, 0.05) is 12.1 Å². The second kappa shape index (κ2) is 7.26. The first-order chi connectivity index (χ1) is 13.6. The van der Waals surface area contributed by atoms with Crippen molar-refractivity contribution in [2.45, 2.75) is 19.9 Å². The summed E-state index contributed by atoms with van der Waals surface area (Å²) in [6, 6.07) is 13.0. The first-order valence-corrected chi connectivity index (χ1v) is 9.11. The molecule has 4 aromatic rings. The van der Waals surface area contributed by atoms with Crippen LogP contribution in [0.5, 0.6) is 0 Å². The van der Waals surface area contributed by atoms with Gasteiger partial charge in [-0.3, -0.25) is 9.59 Å². The number of benzene rings is 2. The molecule has 0 saturated carbocycles. The average molecular weight is 378 g/mol. The Balaban J connectivity index is 1.92. The minimum Gasteiger partial charge on any atom is -0.352 e. The third-order valence-corrected chi connectivity index (χ3v) is 4.63. The summed E-state index contributed by atoms with van der Waals surface area (Å²) >= 11 is 0. The highest BCUT2D eigenvalue weighted by Crippen LogP contribution is 2.18. The van der Waals surface area contributed by atoms with Gasteiger partial charge in [-0.2, -0.15) is 5.10 Å². The Morgan fingerprint density at radius 2 is 1.96 bits per heavy atom. The lowest BCUT2D eigenvalue weighted by Crippen LogP contribution is -2.26. The van der Waals surface area contributed by atoms with Crippen molar-refractivity contribution >= 4 is 22.5 Å². The second-order valence-electron chi connectivity index (χ2n) is 6.61. The van der Waals surface area contributed by atoms with Crippen molar-refractivity contribution in [3.63, 3.8) is 0 Å². The van der Waals surface area contributed by atoms with Crippen LogP contribution in [0.4, 0.5) is 4.39 Å². The van der Waals surface area contributed by atoms with Crippen molar-refractivity contribution in [2.75, 3.05) is 6.54 Å². The van der Waals surface area contributed by atoms with E-state index in [-0.39, 0.29) is 23.8 Å². The van der Waals surface area contributed by atoms with E-state index in [0.29, 0.717) is 34.2 Å². The van der Waals surface area contributed by atoms with E-state index in [4.69, 9.17) is 0 Å². The average Bonchev–Trinajstić information content (AvgIpc) is 3.19. The van der Waals surface area contributed by atoms with Gasteiger partial charge in [-0.05, 0) is 48.4 Å². The molecule has 0 aliphatic rings. The molecule has 0 atom stereocenters. The molecular formula is C21H19FN4O2. The summed E-state index contributed by atoms with van der Waals surface area (Å²) in [5.74, 6) is -0.561. The summed E-state index contributed by atoms with van der Waals surface area (Å²) in [5.41, 5.74) is 2.55. The SMILES string of the molecule is CCCNC(=O)c1ccc2c(c1)n(Cc1cccc(F)c1)c(=O)c1ccnn12. The van der Waals surface area contributed by atoms with Crippen LogP contribution in [0.1, 0.15) is 29.3 Å². The number of halogens is 1. The molecule has 7 heteroatoms. The van der Waals surface area contributed by atoms with Crippen LogP contribution in [-0.4, -0.2) is 26.6 Å². The number of carbonyl (C=O) groups is 1. The number of aromatic nitrogens is 3. The van der Waals surface area contributed by atoms with Crippen molar-refractivity contribution in [3.05, 3.63) is 82.0 Å². The summed E-state index contributed by atoms with van der Waals surface area (Å²) in [5, 5.41) is 7.08. The van der Waals surface area contributed by atoms with Crippen LogP contribution in [0.3, 0.4) is 0 Å². The molecule has 1 amide bonds. The van der Waals surface area contributed by atoms with Gasteiger partial charge in [-0.1, -0.05) is 19.1 Å². The minimum absolute atomic E-state index is 0.189. The number of hydrogen-bond acceptors (Lipinski definition) is 3. The Morgan fingerprint density at radius 3 is 2.75 bits per heavy atom. The zero-order valence-corrected chi connectivity index (χ0v) is 15.4. The molecule has 0 bridgehead atoms. The van der Waals surface area contributed by atoms with Crippen LogP contribution in [0.2, 0.25) is 0 Å². The predicted molar refractivity (Wildman–Crippen MR) is 105 cm³/mol. The summed E-state index contributed by atoms with van der Waals surface area (Å²) < 4.78 is 16.7. The Kier molecular flexibility index (Phi) is 4.65. The fraction of sp³-hybridized carbons (Fsp3) is 0.190. The molecule has 1 N–H and O–H groups in total. The normalized spacial score (nSPS) is 11.2. The zero-order valence-electron chi connectivity index (χ0n) is 15.4. The summed E-state index contributed by atoms with van der Waals surface area (Å²) in [6.07, 6.45) is 2.39. The largest absolute Gasteiger partial charge is 0.352 e. The monoisotopic (exact) mass is 378 g/mol. The number of amides is 1. The van der Waals surface area contributed by atoms with Gasteiger partial charge in [-0.25, -0.2) is 8.91 Å². The van der Waals surface area contributed by atoms with E-state index in [9.17, 15) is 14.0 Å². The van der Waals surface area contributed by atoms with E-state index in [1.807, 2.05) is 6.92 Å². The van der Waals surface area contributed by atoms with Crippen LogP contribution in [0.25, 0.3) is 16.6 Å². The lowest BCUT2D eigenvalue weighted by molar-refractivity contribution is 0.0954. The molecule has 0 radical (unpaired) electrons. The lowest BCUT2D eigenvalue weighted by Gasteiger charge is -2.13. The standard InChI is InChI=1S/C21H19FN4O2/c1-2-9-23-20(27)15-6-7-17-19(12-15)25(13-14-4-3-5-16(22)11-14)21(28)18-8-10-24-26(17)18/h3-8,10-12H,2,9,13H2,1H3,(H,23,27). The highest BCUT2D eigenvalue weighted by Gasteiger charge is 2.15. The molecule has 6 nitrogen and oxygen atoms in total. The van der Waals surface area contributed by atoms with E-state index >= 15 is 0 Å². The number of nitrogens with zero attached hydrogens (tertiary/aromatic N) is 3. The van der Waals surface area contributed by atoms with Crippen molar-refractivity contribution in [1.82, 2.24) is 19.5 Å². The van der Waals surface area contributed by atoms with E-state index in [1.54, 1.807) is 51.7 Å². The molecule has 2 aromatic carbocycles. The van der Waals surface area contributed by atoms with Crippen molar-refractivity contribution in [1.29, 1.82) is 0 Å². The molecule has 0 unspecified atom stereocenters. The molecule has 28 heavy (non-hydrogen) atoms. The highest BCUT2D eigenvalue weighted by atomic mass is 19.1. The molecule has 0 saturated heterocycles. The smallest absolute Gasteiger partial charge is 0.277 e. The molecule has 0 fully saturated rings. The third-order valence-electron chi connectivity index (χ3n) is 4.63. The van der Waals surface area contributed by atoms with Crippen LogP contribution in [0, 0.1) is 5.82 Å². The van der Waals surface area contributed by atoms with E-state index < -0.39 is 0 Å². The lowest BCUT2D eigenvalue weighted by atomic mass is 10.1. The molecule has 0 aliphatic heterocycles. The number of carbonyl (C=O) groups excluding carboxylic acids is 1. The molecule has 4 rings (SSSR count). The van der Waals surface area contributed by atoms with Gasteiger partial charge in [-0.15, -0.1) is 0 Å². The Hall–Kier alpha value is -3.48. The van der Waals surface area contributed by atoms with E-state index in [1.165, 1.54) is 12.1 Å². The van der Waals surface area contributed by atoms with Gasteiger partial charge < -0.3 is 9.88 Å². The number of hydrogen-bond donors (Lipinski definition) is 1. The van der Waals surface area contributed by atoms with E-state index in [0.717, 1.165) is 6.42 Å². The number of fused-ring (bicyclic) bond motifs is 3. The van der Waals surface area contributed by atoms with Gasteiger partial charge in [0.05, 0.1) is 23.8 Å². The fourth-order valence-electron chi connectivity index (χ4n) is 3.28.